The molecule has 0 aliphatic rings. The molecule has 4 heteroatoms. The van der Waals surface area contributed by atoms with Gasteiger partial charge in [0.2, 0.25) is 0 Å². The molecule has 0 spiro atoms. The average Bonchev–Trinajstić information content (AvgIpc) is 2.62. The highest BCUT2D eigenvalue weighted by molar-refractivity contribution is 5.89. The molecule has 0 unspecified atom stereocenters. The molecule has 120 valence electrons. The lowest BCUT2D eigenvalue weighted by molar-refractivity contribution is 0.0694. The molecule has 4 nitrogen and oxygen atoms in total. The summed E-state index contributed by atoms with van der Waals surface area (Å²) in [6, 6.07) is 23.5. The van der Waals surface area contributed by atoms with E-state index in [0.29, 0.717) is 17.1 Å². The van der Waals surface area contributed by atoms with Crippen LogP contribution in [-0.4, -0.2) is 11.1 Å². The van der Waals surface area contributed by atoms with Crippen molar-refractivity contribution in [2.75, 3.05) is 0 Å². The summed E-state index contributed by atoms with van der Waals surface area (Å²) in [5.74, 6) is 1.16. The van der Waals surface area contributed by atoms with Crippen molar-refractivity contribution in [2.24, 2.45) is 0 Å². The Balaban J connectivity index is 1.64. The van der Waals surface area contributed by atoms with Crippen LogP contribution in [0, 0.1) is 0 Å². The van der Waals surface area contributed by atoms with E-state index in [4.69, 9.17) is 14.6 Å². The predicted octanol–water partition coefficient (Wildman–Crippen LogP) is 4.76. The Morgan fingerprint density at radius 3 is 2.04 bits per heavy atom. The van der Waals surface area contributed by atoms with Gasteiger partial charge < -0.3 is 14.6 Å². The third kappa shape index (κ3) is 3.93. The molecular formula is C20H16O4. The third-order valence-corrected chi connectivity index (χ3v) is 3.44. The Labute approximate surface area is 139 Å². The topological polar surface area (TPSA) is 55.8 Å². The molecule has 0 saturated heterocycles. The highest BCUT2D eigenvalue weighted by Gasteiger charge is 2.09. The van der Waals surface area contributed by atoms with Gasteiger partial charge in [0.1, 0.15) is 23.9 Å². The van der Waals surface area contributed by atoms with Gasteiger partial charge in [-0.1, -0.05) is 36.4 Å². The Hall–Kier alpha value is -3.27. The van der Waals surface area contributed by atoms with Gasteiger partial charge in [-0.2, -0.15) is 0 Å². The second-order valence-corrected chi connectivity index (χ2v) is 5.14. The fourth-order valence-electron chi connectivity index (χ4n) is 2.24. The number of aromatic carboxylic acids is 1. The van der Waals surface area contributed by atoms with Crippen molar-refractivity contribution in [1.82, 2.24) is 0 Å². The SMILES string of the molecule is O=C(O)c1ccccc1COc1ccc(Oc2ccccc2)cc1. The lowest BCUT2D eigenvalue weighted by atomic mass is 10.1. The Morgan fingerprint density at radius 2 is 1.33 bits per heavy atom. The van der Waals surface area contributed by atoms with E-state index in [1.54, 1.807) is 36.4 Å². The number of carbonyl (C=O) groups is 1. The van der Waals surface area contributed by atoms with Gasteiger partial charge in [0.15, 0.2) is 0 Å². The van der Waals surface area contributed by atoms with Gasteiger partial charge in [0, 0.05) is 5.56 Å². The van der Waals surface area contributed by atoms with Crippen LogP contribution < -0.4 is 9.47 Å². The fraction of sp³-hybridized carbons (Fsp3) is 0.0500. The van der Waals surface area contributed by atoms with E-state index in [0.717, 1.165) is 5.75 Å². The van der Waals surface area contributed by atoms with Crippen molar-refractivity contribution in [3.05, 3.63) is 90.0 Å². The summed E-state index contributed by atoms with van der Waals surface area (Å²) in [6.07, 6.45) is 0. The van der Waals surface area contributed by atoms with E-state index in [1.165, 1.54) is 0 Å². The molecule has 24 heavy (non-hydrogen) atoms. The number of hydrogen-bond donors (Lipinski definition) is 1. The fourth-order valence-corrected chi connectivity index (χ4v) is 2.24. The molecule has 0 saturated carbocycles. The molecule has 3 rings (SSSR count). The molecule has 0 radical (unpaired) electrons. The van der Waals surface area contributed by atoms with Gasteiger partial charge in [-0.25, -0.2) is 4.79 Å². The number of benzene rings is 3. The van der Waals surface area contributed by atoms with Crippen molar-refractivity contribution >= 4 is 5.97 Å². The van der Waals surface area contributed by atoms with Crippen LogP contribution in [-0.2, 0) is 6.61 Å². The Bertz CT molecular complexity index is 811. The lowest BCUT2D eigenvalue weighted by Gasteiger charge is -2.10. The first kappa shape index (κ1) is 15.6. The van der Waals surface area contributed by atoms with Crippen molar-refractivity contribution in [3.8, 4) is 17.2 Å². The van der Waals surface area contributed by atoms with E-state index < -0.39 is 5.97 Å². The van der Waals surface area contributed by atoms with Gasteiger partial charge in [-0.15, -0.1) is 0 Å². The van der Waals surface area contributed by atoms with E-state index in [9.17, 15) is 4.79 Å². The zero-order chi connectivity index (χ0) is 16.8. The van der Waals surface area contributed by atoms with Crippen molar-refractivity contribution in [3.63, 3.8) is 0 Å². The number of ether oxygens (including phenoxy) is 2. The number of carboxylic acids is 1. The average molecular weight is 320 g/mol. The van der Waals surface area contributed by atoms with Crippen LogP contribution in [0.3, 0.4) is 0 Å². The van der Waals surface area contributed by atoms with Gasteiger partial charge in [0.05, 0.1) is 5.56 Å². The second kappa shape index (κ2) is 7.33. The van der Waals surface area contributed by atoms with E-state index in [1.807, 2.05) is 42.5 Å². The summed E-state index contributed by atoms with van der Waals surface area (Å²) in [4.78, 5) is 11.2. The zero-order valence-electron chi connectivity index (χ0n) is 12.9. The molecule has 0 bridgehead atoms. The van der Waals surface area contributed by atoms with Crippen LogP contribution in [0.1, 0.15) is 15.9 Å². The summed E-state index contributed by atoms with van der Waals surface area (Å²) in [5.41, 5.74) is 0.885. The lowest BCUT2D eigenvalue weighted by Crippen LogP contribution is -2.05. The first-order chi connectivity index (χ1) is 11.7. The molecule has 3 aromatic carbocycles. The minimum atomic E-state index is -0.958. The molecule has 0 aliphatic heterocycles. The molecule has 0 fully saturated rings. The minimum absolute atomic E-state index is 0.196. The van der Waals surface area contributed by atoms with Gasteiger partial charge in [0.25, 0.3) is 0 Å². The predicted molar refractivity (Wildman–Crippen MR) is 90.7 cm³/mol. The van der Waals surface area contributed by atoms with Gasteiger partial charge in [-0.05, 0) is 42.5 Å². The number of hydrogen-bond acceptors (Lipinski definition) is 3. The van der Waals surface area contributed by atoms with Crippen LogP contribution in [0.4, 0.5) is 0 Å². The van der Waals surface area contributed by atoms with Crippen molar-refractivity contribution in [2.45, 2.75) is 6.61 Å². The molecule has 0 atom stereocenters. The number of rotatable bonds is 6. The third-order valence-electron chi connectivity index (χ3n) is 3.44. The second-order valence-electron chi connectivity index (χ2n) is 5.14. The van der Waals surface area contributed by atoms with Crippen LogP contribution in [0.15, 0.2) is 78.9 Å². The highest BCUT2D eigenvalue weighted by atomic mass is 16.5. The molecule has 0 aliphatic carbocycles. The number of carboxylic acid groups (broad SMARTS) is 1. The van der Waals surface area contributed by atoms with Gasteiger partial charge in [-0.3, -0.25) is 0 Å². The monoisotopic (exact) mass is 320 g/mol. The molecular weight excluding hydrogens is 304 g/mol. The normalized spacial score (nSPS) is 10.2. The summed E-state index contributed by atoms with van der Waals surface area (Å²) >= 11 is 0. The Kier molecular flexibility index (Phi) is 4.77. The maximum absolute atomic E-state index is 11.2. The largest absolute Gasteiger partial charge is 0.489 e. The highest BCUT2D eigenvalue weighted by Crippen LogP contribution is 2.24. The Morgan fingerprint density at radius 1 is 0.750 bits per heavy atom. The van der Waals surface area contributed by atoms with E-state index in [-0.39, 0.29) is 12.2 Å². The molecule has 0 heterocycles. The van der Waals surface area contributed by atoms with Crippen LogP contribution in [0.2, 0.25) is 0 Å². The molecule has 0 aromatic heterocycles. The molecule has 3 aromatic rings. The smallest absolute Gasteiger partial charge is 0.336 e. The van der Waals surface area contributed by atoms with E-state index >= 15 is 0 Å². The minimum Gasteiger partial charge on any atom is -0.489 e. The maximum atomic E-state index is 11.2. The first-order valence-electron chi connectivity index (χ1n) is 7.49. The maximum Gasteiger partial charge on any atom is 0.336 e. The van der Waals surface area contributed by atoms with Gasteiger partial charge >= 0.3 is 5.97 Å². The number of para-hydroxylation sites is 1. The summed E-state index contributed by atoms with van der Waals surface area (Å²) in [7, 11) is 0. The van der Waals surface area contributed by atoms with Crippen LogP contribution in [0.25, 0.3) is 0 Å². The van der Waals surface area contributed by atoms with Crippen molar-refractivity contribution < 1.29 is 19.4 Å². The van der Waals surface area contributed by atoms with E-state index in [2.05, 4.69) is 0 Å². The summed E-state index contributed by atoms with van der Waals surface area (Å²) in [5, 5.41) is 9.17. The first-order valence-corrected chi connectivity index (χ1v) is 7.49. The summed E-state index contributed by atoms with van der Waals surface area (Å²) < 4.78 is 11.4. The summed E-state index contributed by atoms with van der Waals surface area (Å²) in [6.45, 7) is 0.196. The van der Waals surface area contributed by atoms with Crippen LogP contribution in [0.5, 0.6) is 17.2 Å². The quantitative estimate of drug-likeness (QED) is 0.711. The molecule has 0 amide bonds. The van der Waals surface area contributed by atoms with Crippen LogP contribution >= 0.6 is 0 Å². The molecule has 1 N–H and O–H groups in total. The van der Waals surface area contributed by atoms with Crippen molar-refractivity contribution in [1.29, 1.82) is 0 Å². The zero-order valence-corrected chi connectivity index (χ0v) is 12.9. The standard InChI is InChI=1S/C20H16O4/c21-20(22)19-9-5-4-6-15(19)14-23-16-10-12-18(13-11-16)24-17-7-2-1-3-8-17/h1-13H,14H2,(H,21,22).